The van der Waals surface area contributed by atoms with Gasteiger partial charge in [-0.1, -0.05) is 60.7 Å². The molecule has 26 heavy (non-hydrogen) atoms. The van der Waals surface area contributed by atoms with E-state index in [-0.39, 0.29) is 0 Å². The van der Waals surface area contributed by atoms with Gasteiger partial charge in [0.1, 0.15) is 0 Å². The van der Waals surface area contributed by atoms with Gasteiger partial charge in [-0.3, -0.25) is 0 Å². The molecular weight excluding hydrogens is 316 g/mol. The number of nitrogens with zero attached hydrogens (tertiary/aromatic N) is 1. The summed E-state index contributed by atoms with van der Waals surface area (Å²) < 4.78 is 2.40. The third-order valence-corrected chi connectivity index (χ3v) is 5.59. The van der Waals surface area contributed by atoms with Crippen LogP contribution in [0.4, 0.5) is 0 Å². The molecule has 0 unspecified atom stereocenters. The van der Waals surface area contributed by atoms with Crippen molar-refractivity contribution in [2.24, 2.45) is 0 Å². The van der Waals surface area contributed by atoms with E-state index in [0.717, 1.165) is 12.8 Å². The molecule has 6 rings (SSSR count). The quantitative estimate of drug-likeness (QED) is 0.375. The lowest BCUT2D eigenvalue weighted by atomic mass is 10.0. The Morgan fingerprint density at radius 1 is 0.769 bits per heavy atom. The fourth-order valence-corrected chi connectivity index (χ4v) is 4.45. The number of hydrogen-bond donors (Lipinski definition) is 1. The number of aryl methyl sites for hydroxylation is 1. The van der Waals surface area contributed by atoms with Crippen molar-refractivity contribution in [3.8, 4) is 5.69 Å². The first kappa shape index (κ1) is 14.0. The summed E-state index contributed by atoms with van der Waals surface area (Å²) >= 11 is 0. The van der Waals surface area contributed by atoms with E-state index in [1.807, 2.05) is 0 Å². The van der Waals surface area contributed by atoms with Gasteiger partial charge >= 0.3 is 0 Å². The fraction of sp³-hybridized carbons (Fsp3) is 0.0833. The third-order valence-electron chi connectivity index (χ3n) is 5.59. The van der Waals surface area contributed by atoms with Crippen LogP contribution in [0, 0.1) is 0 Å². The van der Waals surface area contributed by atoms with Crippen molar-refractivity contribution in [2.75, 3.05) is 0 Å². The lowest BCUT2D eigenvalue weighted by Crippen LogP contribution is -1.94. The Kier molecular flexibility index (Phi) is 2.75. The van der Waals surface area contributed by atoms with E-state index in [4.69, 9.17) is 0 Å². The molecule has 124 valence electrons. The number of hydrogen-bond acceptors (Lipinski definition) is 0. The number of aromatic nitrogens is 2. The highest BCUT2D eigenvalue weighted by Gasteiger charge is 2.19. The molecular formula is C24H18N2. The van der Waals surface area contributed by atoms with E-state index in [2.05, 4.69) is 88.4 Å². The maximum absolute atomic E-state index is 3.76. The Hall–Kier alpha value is -3.26. The number of aromatic amines is 1. The summed E-state index contributed by atoms with van der Waals surface area (Å²) in [5.74, 6) is 0. The Bertz CT molecular complexity index is 1320. The first-order valence-corrected chi connectivity index (χ1v) is 9.20. The Balaban J connectivity index is 1.87. The smallest absolute Gasteiger partial charge is 0.0783 e. The second-order valence-electron chi connectivity index (χ2n) is 7.03. The van der Waals surface area contributed by atoms with Gasteiger partial charge in [0.15, 0.2) is 0 Å². The summed E-state index contributed by atoms with van der Waals surface area (Å²) in [6.45, 7) is 0. The summed E-state index contributed by atoms with van der Waals surface area (Å²) in [7, 11) is 0. The molecule has 0 fully saturated rings. The lowest BCUT2D eigenvalue weighted by Gasteiger charge is -2.08. The molecule has 2 nitrogen and oxygen atoms in total. The normalized spacial score (nSPS) is 13.7. The van der Waals surface area contributed by atoms with Crippen molar-refractivity contribution in [3.63, 3.8) is 0 Å². The van der Waals surface area contributed by atoms with Gasteiger partial charge in [0.2, 0.25) is 0 Å². The summed E-state index contributed by atoms with van der Waals surface area (Å²) in [6, 6.07) is 23.9. The van der Waals surface area contributed by atoms with Crippen molar-refractivity contribution in [1.29, 1.82) is 0 Å². The average molecular weight is 334 g/mol. The number of rotatable bonds is 1. The number of nitrogens with one attached hydrogen (secondary N) is 1. The minimum atomic E-state index is 1.09. The predicted octanol–water partition coefficient (Wildman–Crippen LogP) is 6.22. The molecule has 0 saturated heterocycles. The van der Waals surface area contributed by atoms with Crippen LogP contribution < -0.4 is 0 Å². The second-order valence-corrected chi connectivity index (χ2v) is 7.03. The molecule has 0 saturated carbocycles. The minimum absolute atomic E-state index is 1.09. The van der Waals surface area contributed by atoms with Crippen LogP contribution in [0.5, 0.6) is 0 Å². The van der Waals surface area contributed by atoms with Crippen molar-refractivity contribution < 1.29 is 0 Å². The molecule has 3 aromatic carbocycles. The van der Waals surface area contributed by atoms with Gasteiger partial charge in [0, 0.05) is 33.1 Å². The molecule has 0 atom stereocenters. The molecule has 1 N–H and O–H groups in total. The van der Waals surface area contributed by atoms with Crippen LogP contribution in [0.1, 0.15) is 17.7 Å². The molecule has 0 amide bonds. The highest BCUT2D eigenvalue weighted by atomic mass is 15.0. The zero-order valence-corrected chi connectivity index (χ0v) is 14.4. The van der Waals surface area contributed by atoms with Gasteiger partial charge in [0.25, 0.3) is 0 Å². The monoisotopic (exact) mass is 334 g/mol. The number of fused-ring (bicyclic) bond motifs is 7. The van der Waals surface area contributed by atoms with E-state index in [1.165, 1.54) is 49.7 Å². The summed E-state index contributed by atoms with van der Waals surface area (Å²) in [5, 5.41) is 3.93. The largest absolute Gasteiger partial charge is 0.356 e. The highest BCUT2D eigenvalue weighted by molar-refractivity contribution is 6.18. The van der Waals surface area contributed by atoms with Gasteiger partial charge in [-0.2, -0.15) is 0 Å². The molecule has 2 aromatic heterocycles. The van der Waals surface area contributed by atoms with Crippen LogP contribution >= 0.6 is 0 Å². The van der Waals surface area contributed by atoms with Crippen LogP contribution in [0.3, 0.4) is 0 Å². The average Bonchev–Trinajstić information content (AvgIpc) is 3.24. The number of para-hydroxylation sites is 2. The Morgan fingerprint density at radius 3 is 2.50 bits per heavy atom. The SMILES string of the molecule is C1=Cc2c([nH]c3c2ccc2c4ccccc4n(-c4ccccc4)c23)CC1. The first-order valence-electron chi connectivity index (χ1n) is 9.20. The Morgan fingerprint density at radius 2 is 1.58 bits per heavy atom. The topological polar surface area (TPSA) is 20.7 Å². The summed E-state index contributed by atoms with van der Waals surface area (Å²) in [4.78, 5) is 3.76. The fourth-order valence-electron chi connectivity index (χ4n) is 4.45. The highest BCUT2D eigenvalue weighted by Crippen LogP contribution is 2.38. The third kappa shape index (κ3) is 1.76. The van der Waals surface area contributed by atoms with Crippen LogP contribution in [-0.2, 0) is 6.42 Å². The maximum atomic E-state index is 3.76. The molecule has 1 aliphatic rings. The first-order chi connectivity index (χ1) is 12.9. The van der Waals surface area contributed by atoms with Crippen LogP contribution in [-0.4, -0.2) is 9.55 Å². The van der Waals surface area contributed by atoms with Gasteiger partial charge < -0.3 is 9.55 Å². The van der Waals surface area contributed by atoms with E-state index < -0.39 is 0 Å². The zero-order chi connectivity index (χ0) is 17.1. The van der Waals surface area contributed by atoms with E-state index in [1.54, 1.807) is 0 Å². The summed E-state index contributed by atoms with van der Waals surface area (Å²) in [6.07, 6.45) is 6.77. The molecule has 2 heteroatoms. The molecule has 1 aliphatic carbocycles. The standard InChI is InChI=1S/C24H18N2/c1-2-8-16(9-3-1)26-22-13-7-5-11-18(22)20-15-14-19-17-10-4-6-12-21(17)25-23(19)24(20)26/h1-5,7-11,13-15,25H,6,12H2. The minimum Gasteiger partial charge on any atom is -0.356 e. The molecule has 0 radical (unpaired) electrons. The van der Waals surface area contributed by atoms with Crippen molar-refractivity contribution in [3.05, 3.63) is 84.1 Å². The van der Waals surface area contributed by atoms with Gasteiger partial charge in [-0.25, -0.2) is 0 Å². The van der Waals surface area contributed by atoms with Gasteiger partial charge in [-0.05, 0) is 31.0 Å². The number of allylic oxidation sites excluding steroid dienone is 1. The van der Waals surface area contributed by atoms with Crippen molar-refractivity contribution in [1.82, 2.24) is 9.55 Å². The zero-order valence-electron chi connectivity index (χ0n) is 14.4. The van der Waals surface area contributed by atoms with Gasteiger partial charge in [-0.15, -0.1) is 0 Å². The van der Waals surface area contributed by atoms with Crippen molar-refractivity contribution >= 4 is 38.8 Å². The molecule has 2 heterocycles. The van der Waals surface area contributed by atoms with Gasteiger partial charge in [0.05, 0.1) is 16.6 Å². The van der Waals surface area contributed by atoms with Crippen molar-refractivity contribution in [2.45, 2.75) is 12.8 Å². The van der Waals surface area contributed by atoms with Crippen LogP contribution in [0.15, 0.2) is 72.8 Å². The molecule has 5 aromatic rings. The Labute approximate surface area is 151 Å². The maximum Gasteiger partial charge on any atom is 0.0783 e. The lowest BCUT2D eigenvalue weighted by molar-refractivity contribution is 0.951. The molecule has 0 spiro atoms. The van der Waals surface area contributed by atoms with E-state index in [0.29, 0.717) is 0 Å². The van der Waals surface area contributed by atoms with E-state index >= 15 is 0 Å². The van der Waals surface area contributed by atoms with Crippen LogP contribution in [0.2, 0.25) is 0 Å². The molecule has 0 bridgehead atoms. The number of benzene rings is 3. The second kappa shape index (κ2) is 5.12. The molecule has 0 aliphatic heterocycles. The van der Waals surface area contributed by atoms with E-state index in [9.17, 15) is 0 Å². The number of H-pyrrole nitrogens is 1. The van der Waals surface area contributed by atoms with Crippen LogP contribution in [0.25, 0.3) is 44.5 Å². The summed E-state index contributed by atoms with van der Waals surface area (Å²) in [5.41, 5.74) is 7.70. The predicted molar refractivity (Wildman–Crippen MR) is 110 cm³/mol.